The average molecular weight is 247 g/mol. The third-order valence-electron chi connectivity index (χ3n) is 2.99. The highest BCUT2D eigenvalue weighted by Crippen LogP contribution is 2.36. The molecule has 0 spiro atoms. The second kappa shape index (κ2) is 6.48. The molecule has 0 aromatic heterocycles. The van der Waals surface area contributed by atoms with Gasteiger partial charge in [-0.2, -0.15) is 0 Å². The number of allylic oxidation sites excluding steroid dienone is 6. The van der Waals surface area contributed by atoms with Gasteiger partial charge in [0.15, 0.2) is 0 Å². The number of nitrogens with zero attached hydrogens (tertiary/aromatic N) is 1. The van der Waals surface area contributed by atoms with E-state index in [9.17, 15) is 4.39 Å². The minimum atomic E-state index is -0.317. The first-order valence-electron chi connectivity index (χ1n) is 6.38. The maximum absolute atomic E-state index is 13.9. The molecule has 1 saturated carbocycles. The molecule has 0 heterocycles. The van der Waals surface area contributed by atoms with E-state index in [0.29, 0.717) is 11.4 Å². The summed E-state index contributed by atoms with van der Waals surface area (Å²) in [5, 5.41) is 0. The van der Waals surface area contributed by atoms with E-state index in [1.165, 1.54) is 18.9 Å². The van der Waals surface area contributed by atoms with Crippen LogP contribution < -0.4 is 0 Å². The molecule has 0 radical (unpaired) electrons. The maximum Gasteiger partial charge on any atom is 0.145 e. The molecule has 0 unspecified atom stereocenters. The largest absolute Gasteiger partial charge is 0.251 e. The van der Waals surface area contributed by atoms with Crippen molar-refractivity contribution in [2.75, 3.05) is 0 Å². The van der Waals surface area contributed by atoms with Crippen molar-refractivity contribution in [1.82, 2.24) is 0 Å². The Morgan fingerprint density at radius 2 is 2.00 bits per heavy atom. The number of hydrogen-bond donors (Lipinski definition) is 0. The Balaban J connectivity index is 3.14. The minimum Gasteiger partial charge on any atom is -0.251 e. The first-order valence-corrected chi connectivity index (χ1v) is 6.38. The fourth-order valence-electron chi connectivity index (χ4n) is 1.91. The van der Waals surface area contributed by atoms with Gasteiger partial charge in [-0.15, -0.1) is 0 Å². The van der Waals surface area contributed by atoms with Gasteiger partial charge in [0.2, 0.25) is 0 Å². The minimum absolute atomic E-state index is 0.317. The highest BCUT2D eigenvalue weighted by Gasteiger charge is 2.23. The second-order valence-corrected chi connectivity index (χ2v) is 4.88. The Kier molecular flexibility index (Phi) is 5.26. The van der Waals surface area contributed by atoms with Crippen LogP contribution in [0, 0.1) is 5.92 Å². The Labute approximate surface area is 110 Å². The third-order valence-corrected chi connectivity index (χ3v) is 2.99. The van der Waals surface area contributed by atoms with E-state index >= 15 is 0 Å². The SMILES string of the molecule is C=CC(=C(C)CC1CC1)C(=N/C(=C)C)/C(F)=C\C. The monoisotopic (exact) mass is 247 g/mol. The van der Waals surface area contributed by atoms with Crippen molar-refractivity contribution in [3.05, 3.63) is 48.0 Å². The topological polar surface area (TPSA) is 12.4 Å². The van der Waals surface area contributed by atoms with Gasteiger partial charge in [0.05, 0.1) is 0 Å². The van der Waals surface area contributed by atoms with Gasteiger partial charge in [-0.3, -0.25) is 4.99 Å². The predicted molar refractivity (Wildman–Crippen MR) is 77.4 cm³/mol. The molecule has 2 heteroatoms. The molecule has 18 heavy (non-hydrogen) atoms. The summed E-state index contributed by atoms with van der Waals surface area (Å²) in [6, 6.07) is 0. The van der Waals surface area contributed by atoms with Gasteiger partial charge in [-0.05, 0) is 52.0 Å². The van der Waals surface area contributed by atoms with Gasteiger partial charge in [-0.25, -0.2) is 4.39 Å². The lowest BCUT2D eigenvalue weighted by atomic mass is 9.99. The molecule has 1 rings (SSSR count). The summed E-state index contributed by atoms with van der Waals surface area (Å²) in [5.74, 6) is 0.447. The van der Waals surface area contributed by atoms with Crippen LogP contribution in [0.2, 0.25) is 0 Å². The van der Waals surface area contributed by atoms with E-state index < -0.39 is 0 Å². The molecule has 1 nitrogen and oxygen atoms in total. The Morgan fingerprint density at radius 3 is 2.39 bits per heavy atom. The zero-order chi connectivity index (χ0) is 13.7. The Bertz CT molecular complexity index is 434. The van der Waals surface area contributed by atoms with Crippen LogP contribution in [0.5, 0.6) is 0 Å². The number of halogens is 1. The lowest BCUT2D eigenvalue weighted by Gasteiger charge is -2.10. The summed E-state index contributed by atoms with van der Waals surface area (Å²) in [7, 11) is 0. The van der Waals surface area contributed by atoms with Gasteiger partial charge < -0.3 is 0 Å². The maximum atomic E-state index is 13.9. The van der Waals surface area contributed by atoms with E-state index in [1.54, 1.807) is 19.9 Å². The molecular formula is C16H22FN. The standard InChI is InChI=1S/C16H22FN/c1-6-14(12(5)10-13-8-9-13)16(15(17)7-2)18-11(3)4/h6-7,13H,1,3,8-10H2,2,4-5H3/b14-12?,15-7+,18-16-. The van der Waals surface area contributed by atoms with E-state index in [0.717, 1.165) is 23.5 Å². The van der Waals surface area contributed by atoms with Gasteiger partial charge >= 0.3 is 0 Å². The molecule has 98 valence electrons. The van der Waals surface area contributed by atoms with Crippen LogP contribution in [0.15, 0.2) is 53.0 Å². The summed E-state index contributed by atoms with van der Waals surface area (Å²) in [6.07, 6.45) is 6.69. The zero-order valence-electron chi connectivity index (χ0n) is 11.6. The van der Waals surface area contributed by atoms with E-state index in [4.69, 9.17) is 0 Å². The second-order valence-electron chi connectivity index (χ2n) is 4.88. The lowest BCUT2D eigenvalue weighted by molar-refractivity contribution is 0.678. The van der Waals surface area contributed by atoms with E-state index in [-0.39, 0.29) is 5.83 Å². The molecule has 0 bridgehead atoms. The lowest BCUT2D eigenvalue weighted by Crippen LogP contribution is -2.05. The molecule has 1 aliphatic rings. The average Bonchev–Trinajstić information content (AvgIpc) is 3.11. The van der Waals surface area contributed by atoms with Crippen LogP contribution in [0.1, 0.15) is 40.0 Å². The van der Waals surface area contributed by atoms with Crippen LogP contribution in [-0.2, 0) is 0 Å². The summed E-state index contributed by atoms with van der Waals surface area (Å²) >= 11 is 0. The zero-order valence-corrected chi connectivity index (χ0v) is 11.6. The molecule has 0 N–H and O–H groups in total. The molecule has 0 saturated heterocycles. The molecule has 0 amide bonds. The van der Waals surface area contributed by atoms with Crippen molar-refractivity contribution in [2.45, 2.75) is 40.0 Å². The summed E-state index contributed by atoms with van der Waals surface area (Å²) in [6.45, 7) is 13.0. The highest BCUT2D eigenvalue weighted by molar-refractivity contribution is 6.13. The number of hydrogen-bond acceptors (Lipinski definition) is 1. The smallest absolute Gasteiger partial charge is 0.145 e. The first kappa shape index (κ1) is 14.6. The van der Waals surface area contributed by atoms with Crippen molar-refractivity contribution in [3.8, 4) is 0 Å². The molecule has 0 aromatic rings. The van der Waals surface area contributed by atoms with Crippen molar-refractivity contribution in [3.63, 3.8) is 0 Å². The molecule has 0 aromatic carbocycles. The fourth-order valence-corrected chi connectivity index (χ4v) is 1.91. The molecular weight excluding hydrogens is 225 g/mol. The van der Waals surface area contributed by atoms with Crippen molar-refractivity contribution < 1.29 is 4.39 Å². The number of rotatable bonds is 6. The third kappa shape index (κ3) is 4.10. The van der Waals surface area contributed by atoms with Gasteiger partial charge in [-0.1, -0.05) is 24.8 Å². The first-order chi connectivity index (χ1) is 8.49. The van der Waals surface area contributed by atoms with Crippen LogP contribution in [0.3, 0.4) is 0 Å². The molecule has 0 aliphatic heterocycles. The fraction of sp³-hybridized carbons (Fsp3) is 0.438. The van der Waals surface area contributed by atoms with Crippen LogP contribution in [0.4, 0.5) is 4.39 Å². The normalized spacial score (nSPS) is 18.4. The van der Waals surface area contributed by atoms with Gasteiger partial charge in [0.1, 0.15) is 11.5 Å². The highest BCUT2D eigenvalue weighted by atomic mass is 19.1. The van der Waals surface area contributed by atoms with Gasteiger partial charge in [0.25, 0.3) is 0 Å². The van der Waals surface area contributed by atoms with E-state index in [2.05, 4.69) is 18.2 Å². The van der Waals surface area contributed by atoms with Gasteiger partial charge in [0, 0.05) is 11.3 Å². The Hall–Kier alpha value is -1.44. The molecule has 0 atom stereocenters. The molecule has 1 aliphatic carbocycles. The van der Waals surface area contributed by atoms with Crippen LogP contribution >= 0.6 is 0 Å². The number of aliphatic imine (C=N–C) groups is 1. The van der Waals surface area contributed by atoms with Crippen molar-refractivity contribution in [1.29, 1.82) is 0 Å². The van der Waals surface area contributed by atoms with Crippen molar-refractivity contribution >= 4 is 5.71 Å². The quantitative estimate of drug-likeness (QED) is 0.455. The van der Waals surface area contributed by atoms with E-state index in [1.807, 2.05) is 6.92 Å². The predicted octanol–water partition coefficient (Wildman–Crippen LogP) is 5.14. The summed E-state index contributed by atoms with van der Waals surface area (Å²) in [5.41, 5.74) is 2.92. The van der Waals surface area contributed by atoms with Crippen LogP contribution in [-0.4, -0.2) is 5.71 Å². The Morgan fingerprint density at radius 1 is 1.39 bits per heavy atom. The molecule has 1 fully saturated rings. The summed E-state index contributed by atoms with van der Waals surface area (Å²) in [4.78, 5) is 4.22. The van der Waals surface area contributed by atoms with Crippen molar-refractivity contribution in [2.24, 2.45) is 10.9 Å². The summed E-state index contributed by atoms with van der Waals surface area (Å²) < 4.78 is 13.9. The van der Waals surface area contributed by atoms with Crippen LogP contribution in [0.25, 0.3) is 0 Å².